The predicted molar refractivity (Wildman–Crippen MR) is 95.2 cm³/mol. The molecule has 14 atom stereocenters. The average molecular weight is 474 g/mol. The van der Waals surface area contributed by atoms with Gasteiger partial charge in [-0.3, -0.25) is 0 Å². The van der Waals surface area contributed by atoms with Crippen molar-refractivity contribution >= 4 is 0 Å². The summed E-state index contributed by atoms with van der Waals surface area (Å²) in [6.45, 7) is -1.85. The van der Waals surface area contributed by atoms with E-state index in [4.69, 9.17) is 23.7 Å². The lowest BCUT2D eigenvalue weighted by Gasteiger charge is -2.45. The van der Waals surface area contributed by atoms with Crippen LogP contribution in [0.25, 0.3) is 0 Å². The second-order valence-electron chi connectivity index (χ2n) is 7.88. The van der Waals surface area contributed by atoms with Crippen molar-refractivity contribution in [1.82, 2.24) is 0 Å². The number of hydrogen-bond donors (Lipinski definition) is 10. The Labute approximate surface area is 181 Å². The Morgan fingerprint density at radius 1 is 0.594 bits per heavy atom. The summed E-state index contributed by atoms with van der Waals surface area (Å²) in [5.41, 5.74) is 0. The molecule has 3 saturated heterocycles. The van der Waals surface area contributed by atoms with Crippen LogP contribution in [0.2, 0.25) is 0 Å². The standard InChI is InChI=1S/C17H30O15/c18-1-4-7(20)10(23)12(25)16(29-4)31-6-3-28-15(27)14(9(6)22)32-17-13(26)11(24)8(21)5(2-19)30-17/h4-27H,1-3H2/t4-,5-,6+,7-,8-,9+,10+,11+,12-,13-,14-,15-,16+,17+/m1/s1. The average Bonchev–Trinajstić information content (AvgIpc) is 2.78. The van der Waals surface area contributed by atoms with Gasteiger partial charge in [-0.15, -0.1) is 0 Å². The summed E-state index contributed by atoms with van der Waals surface area (Å²) < 4.78 is 26.3. The molecule has 3 aliphatic rings. The second kappa shape index (κ2) is 10.8. The van der Waals surface area contributed by atoms with Crippen LogP contribution >= 0.6 is 0 Å². The van der Waals surface area contributed by atoms with E-state index in [0.29, 0.717) is 0 Å². The van der Waals surface area contributed by atoms with Gasteiger partial charge < -0.3 is 74.7 Å². The van der Waals surface area contributed by atoms with Gasteiger partial charge in [-0.05, 0) is 0 Å². The van der Waals surface area contributed by atoms with Gasteiger partial charge in [-0.1, -0.05) is 0 Å². The van der Waals surface area contributed by atoms with Crippen LogP contribution in [0.1, 0.15) is 0 Å². The van der Waals surface area contributed by atoms with Crippen LogP contribution in [0.3, 0.4) is 0 Å². The molecular weight excluding hydrogens is 444 g/mol. The summed E-state index contributed by atoms with van der Waals surface area (Å²) in [7, 11) is 0. The monoisotopic (exact) mass is 474 g/mol. The van der Waals surface area contributed by atoms with Crippen molar-refractivity contribution in [1.29, 1.82) is 0 Å². The quantitative estimate of drug-likeness (QED) is 0.172. The molecule has 0 aliphatic carbocycles. The maximum Gasteiger partial charge on any atom is 0.187 e. The molecular formula is C17H30O15. The molecule has 0 aromatic rings. The molecule has 3 heterocycles. The summed E-state index contributed by atoms with van der Waals surface area (Å²) >= 11 is 0. The fourth-order valence-corrected chi connectivity index (χ4v) is 3.72. The zero-order valence-electron chi connectivity index (χ0n) is 16.7. The molecule has 0 saturated carbocycles. The third-order valence-corrected chi connectivity index (χ3v) is 5.73. The van der Waals surface area contributed by atoms with E-state index in [9.17, 15) is 51.1 Å². The maximum absolute atomic E-state index is 10.6. The number of hydrogen-bond acceptors (Lipinski definition) is 15. The van der Waals surface area contributed by atoms with Crippen molar-refractivity contribution in [3.05, 3.63) is 0 Å². The summed E-state index contributed by atoms with van der Waals surface area (Å²) in [5, 5.41) is 98.8. The van der Waals surface area contributed by atoms with Crippen molar-refractivity contribution in [2.24, 2.45) is 0 Å². The Morgan fingerprint density at radius 3 is 1.53 bits per heavy atom. The molecule has 3 fully saturated rings. The van der Waals surface area contributed by atoms with E-state index in [1.54, 1.807) is 0 Å². The molecule has 0 aromatic carbocycles. The molecule has 0 aromatic heterocycles. The van der Waals surface area contributed by atoms with Gasteiger partial charge in [-0.25, -0.2) is 0 Å². The van der Waals surface area contributed by atoms with Crippen LogP contribution in [0.4, 0.5) is 0 Å². The van der Waals surface area contributed by atoms with Gasteiger partial charge in [0.2, 0.25) is 0 Å². The molecule has 0 unspecified atom stereocenters. The highest BCUT2D eigenvalue weighted by Gasteiger charge is 2.51. The summed E-state index contributed by atoms with van der Waals surface area (Å²) in [5.74, 6) is 0. The second-order valence-corrected chi connectivity index (χ2v) is 7.88. The number of aliphatic hydroxyl groups is 10. The molecule has 15 nitrogen and oxygen atoms in total. The largest absolute Gasteiger partial charge is 0.394 e. The van der Waals surface area contributed by atoms with E-state index in [-0.39, 0.29) is 0 Å². The molecule has 3 aliphatic heterocycles. The molecule has 0 bridgehead atoms. The molecule has 0 radical (unpaired) electrons. The fraction of sp³-hybridized carbons (Fsp3) is 1.00. The highest BCUT2D eigenvalue weighted by Crippen LogP contribution is 2.29. The van der Waals surface area contributed by atoms with Gasteiger partial charge in [0, 0.05) is 0 Å². The van der Waals surface area contributed by atoms with E-state index < -0.39 is 106 Å². The molecule has 10 N–H and O–H groups in total. The molecule has 15 heteroatoms. The summed E-state index contributed by atoms with van der Waals surface area (Å²) in [6.07, 6.45) is -22.5. The minimum absolute atomic E-state index is 0.425. The van der Waals surface area contributed by atoms with Gasteiger partial charge in [0.05, 0.1) is 19.8 Å². The first-order chi connectivity index (χ1) is 15.1. The Balaban J connectivity index is 1.67. The van der Waals surface area contributed by atoms with Crippen LogP contribution in [0, 0.1) is 0 Å². The van der Waals surface area contributed by atoms with Gasteiger partial charge in [-0.2, -0.15) is 0 Å². The van der Waals surface area contributed by atoms with E-state index in [0.717, 1.165) is 0 Å². The van der Waals surface area contributed by atoms with E-state index in [1.165, 1.54) is 0 Å². The summed E-state index contributed by atoms with van der Waals surface area (Å²) in [6, 6.07) is 0. The predicted octanol–water partition coefficient (Wildman–Crippen LogP) is -6.93. The van der Waals surface area contributed by atoms with Crippen molar-refractivity contribution in [3.8, 4) is 0 Å². The highest BCUT2D eigenvalue weighted by molar-refractivity contribution is 4.93. The van der Waals surface area contributed by atoms with Crippen molar-refractivity contribution < 1.29 is 74.7 Å². The topological polar surface area (TPSA) is 248 Å². The minimum Gasteiger partial charge on any atom is -0.394 e. The molecule has 188 valence electrons. The molecule has 32 heavy (non-hydrogen) atoms. The number of aliphatic hydroxyl groups excluding tert-OH is 10. The number of ether oxygens (including phenoxy) is 5. The first-order valence-electron chi connectivity index (χ1n) is 10.00. The lowest BCUT2D eigenvalue weighted by Crippen LogP contribution is -2.64. The molecule has 0 amide bonds. The van der Waals surface area contributed by atoms with Crippen LogP contribution < -0.4 is 0 Å². The van der Waals surface area contributed by atoms with Crippen LogP contribution in [-0.2, 0) is 23.7 Å². The Bertz CT molecular complexity index is 592. The van der Waals surface area contributed by atoms with Crippen molar-refractivity contribution in [2.75, 3.05) is 19.8 Å². The Hall–Kier alpha value is -0.600. The first-order valence-corrected chi connectivity index (χ1v) is 10.00. The Kier molecular flexibility index (Phi) is 8.75. The van der Waals surface area contributed by atoms with E-state index in [2.05, 4.69) is 0 Å². The third kappa shape index (κ3) is 5.07. The zero-order valence-corrected chi connectivity index (χ0v) is 16.7. The smallest absolute Gasteiger partial charge is 0.187 e. The fourth-order valence-electron chi connectivity index (χ4n) is 3.72. The van der Waals surface area contributed by atoms with Crippen molar-refractivity contribution in [3.63, 3.8) is 0 Å². The SMILES string of the molecule is OC[C@H]1O[C@@H](O[C@@H]2[C@@H](O)[C@@H](O[C@@H]3O[C@H](CO)[C@@H](O)[C@H](O)[C@H]3O)CO[C@H]2O)[C@H](O)[C@@H](O)[C@@H]1O. The van der Waals surface area contributed by atoms with Gasteiger partial charge in [0.1, 0.15) is 67.1 Å². The molecule has 3 rings (SSSR count). The van der Waals surface area contributed by atoms with E-state index >= 15 is 0 Å². The Morgan fingerprint density at radius 2 is 1.06 bits per heavy atom. The lowest BCUT2D eigenvalue weighted by molar-refractivity contribution is -0.370. The van der Waals surface area contributed by atoms with Gasteiger partial charge >= 0.3 is 0 Å². The summed E-state index contributed by atoms with van der Waals surface area (Å²) in [4.78, 5) is 0. The maximum atomic E-state index is 10.6. The van der Waals surface area contributed by atoms with E-state index in [1.807, 2.05) is 0 Å². The first kappa shape index (κ1) is 26.0. The number of rotatable bonds is 6. The van der Waals surface area contributed by atoms with Crippen LogP contribution in [-0.4, -0.2) is 157 Å². The van der Waals surface area contributed by atoms with Crippen molar-refractivity contribution in [2.45, 2.75) is 86.0 Å². The normalized spacial score (nSPS) is 52.7. The van der Waals surface area contributed by atoms with Crippen LogP contribution in [0.15, 0.2) is 0 Å². The highest BCUT2D eigenvalue weighted by atomic mass is 16.7. The lowest BCUT2D eigenvalue weighted by atomic mass is 9.98. The molecule has 0 spiro atoms. The zero-order chi connectivity index (χ0) is 23.7. The van der Waals surface area contributed by atoms with Gasteiger partial charge in [0.25, 0.3) is 0 Å². The third-order valence-electron chi connectivity index (χ3n) is 5.73. The minimum atomic E-state index is -1.81. The van der Waals surface area contributed by atoms with Crippen LogP contribution in [0.5, 0.6) is 0 Å². The van der Waals surface area contributed by atoms with Gasteiger partial charge in [0.15, 0.2) is 18.9 Å².